The molecular weight excluding hydrogens is 207 g/mol. The molecule has 5 heteroatoms. The van der Waals surface area contributed by atoms with E-state index in [-0.39, 0.29) is 31.3 Å². The number of hydrogen-bond donors (Lipinski definition) is 0. The summed E-state index contributed by atoms with van der Waals surface area (Å²) >= 11 is 0. The summed E-state index contributed by atoms with van der Waals surface area (Å²) in [5, 5.41) is 0. The standard InChI is InChI=1S/C10H14F3NO/c1-7(2)9(15)14-5-3-8(4-6-14)10(11,12)13/h3,7H,4-6H2,1-2H3. The molecule has 0 aromatic rings. The van der Waals surface area contributed by atoms with E-state index in [0.717, 1.165) is 6.08 Å². The number of nitrogens with zero attached hydrogens (tertiary/aromatic N) is 1. The van der Waals surface area contributed by atoms with Crippen molar-refractivity contribution in [3.05, 3.63) is 11.6 Å². The number of rotatable bonds is 1. The highest BCUT2D eigenvalue weighted by atomic mass is 19.4. The van der Waals surface area contributed by atoms with Gasteiger partial charge in [-0.05, 0) is 6.42 Å². The van der Waals surface area contributed by atoms with Gasteiger partial charge in [0, 0.05) is 24.6 Å². The Morgan fingerprint density at radius 1 is 1.47 bits per heavy atom. The Balaban J connectivity index is 2.62. The first-order valence-corrected chi connectivity index (χ1v) is 4.87. The van der Waals surface area contributed by atoms with Crippen molar-refractivity contribution in [1.82, 2.24) is 4.90 Å². The average molecular weight is 221 g/mol. The lowest BCUT2D eigenvalue weighted by Gasteiger charge is -2.28. The molecule has 1 amide bonds. The van der Waals surface area contributed by atoms with Crippen molar-refractivity contribution in [3.63, 3.8) is 0 Å². The fourth-order valence-electron chi connectivity index (χ4n) is 1.49. The molecule has 0 N–H and O–H groups in total. The first kappa shape index (κ1) is 12.1. The van der Waals surface area contributed by atoms with Crippen LogP contribution in [0.4, 0.5) is 13.2 Å². The van der Waals surface area contributed by atoms with Crippen molar-refractivity contribution in [3.8, 4) is 0 Å². The summed E-state index contributed by atoms with van der Waals surface area (Å²) in [5.41, 5.74) is -0.518. The maximum atomic E-state index is 12.3. The predicted molar refractivity (Wildman–Crippen MR) is 50.2 cm³/mol. The lowest BCUT2D eigenvalue weighted by atomic mass is 10.1. The Morgan fingerprint density at radius 2 is 2.07 bits per heavy atom. The van der Waals surface area contributed by atoms with E-state index in [1.54, 1.807) is 13.8 Å². The number of hydrogen-bond acceptors (Lipinski definition) is 1. The molecule has 2 nitrogen and oxygen atoms in total. The third kappa shape index (κ3) is 2.97. The molecule has 0 saturated carbocycles. The fraction of sp³-hybridized carbons (Fsp3) is 0.700. The number of amides is 1. The van der Waals surface area contributed by atoms with Crippen molar-refractivity contribution in [2.75, 3.05) is 13.1 Å². The Morgan fingerprint density at radius 3 is 2.40 bits per heavy atom. The van der Waals surface area contributed by atoms with Gasteiger partial charge in [0.2, 0.25) is 5.91 Å². The Hall–Kier alpha value is -1.00. The van der Waals surface area contributed by atoms with Gasteiger partial charge in [-0.1, -0.05) is 19.9 Å². The second-order valence-corrected chi connectivity index (χ2v) is 3.92. The number of alkyl halides is 3. The minimum absolute atomic E-state index is 0.0753. The van der Waals surface area contributed by atoms with E-state index in [0.29, 0.717) is 0 Å². The van der Waals surface area contributed by atoms with Crippen molar-refractivity contribution in [2.24, 2.45) is 5.92 Å². The molecule has 0 atom stereocenters. The summed E-state index contributed by atoms with van der Waals surface area (Å²) in [6.45, 7) is 3.73. The maximum absolute atomic E-state index is 12.3. The number of carbonyl (C=O) groups excluding carboxylic acids is 1. The van der Waals surface area contributed by atoms with E-state index in [2.05, 4.69) is 0 Å². The molecule has 0 saturated heterocycles. The SMILES string of the molecule is CC(C)C(=O)N1CC=C(C(F)(F)F)CC1. The quantitative estimate of drug-likeness (QED) is 0.622. The van der Waals surface area contributed by atoms with Crippen LogP contribution in [0.25, 0.3) is 0 Å². The van der Waals surface area contributed by atoms with Crippen molar-refractivity contribution < 1.29 is 18.0 Å². The van der Waals surface area contributed by atoms with Gasteiger partial charge in [-0.3, -0.25) is 4.79 Å². The lowest BCUT2D eigenvalue weighted by Crippen LogP contribution is -2.39. The summed E-state index contributed by atoms with van der Waals surface area (Å²) in [7, 11) is 0. The van der Waals surface area contributed by atoms with E-state index < -0.39 is 11.7 Å². The molecule has 1 rings (SSSR count). The summed E-state index contributed by atoms with van der Waals surface area (Å²) in [4.78, 5) is 12.9. The minimum atomic E-state index is -4.24. The van der Waals surface area contributed by atoms with Crippen LogP contribution in [0.5, 0.6) is 0 Å². The minimum Gasteiger partial charge on any atom is -0.338 e. The van der Waals surface area contributed by atoms with Crippen LogP contribution in [-0.4, -0.2) is 30.1 Å². The van der Waals surface area contributed by atoms with Crippen LogP contribution in [0, 0.1) is 5.92 Å². The van der Waals surface area contributed by atoms with Gasteiger partial charge < -0.3 is 4.90 Å². The topological polar surface area (TPSA) is 20.3 Å². The molecule has 0 aliphatic carbocycles. The zero-order valence-corrected chi connectivity index (χ0v) is 8.77. The predicted octanol–water partition coefficient (Wildman–Crippen LogP) is 2.36. The van der Waals surface area contributed by atoms with Gasteiger partial charge in [0.15, 0.2) is 0 Å². The molecule has 0 radical (unpaired) electrons. The lowest BCUT2D eigenvalue weighted by molar-refractivity contribution is -0.135. The summed E-state index contributed by atoms with van der Waals surface area (Å²) < 4.78 is 36.8. The van der Waals surface area contributed by atoms with Gasteiger partial charge in [0.1, 0.15) is 0 Å². The molecule has 1 heterocycles. The van der Waals surface area contributed by atoms with Gasteiger partial charge in [0.25, 0.3) is 0 Å². The van der Waals surface area contributed by atoms with Gasteiger partial charge in [-0.25, -0.2) is 0 Å². The first-order chi connectivity index (χ1) is 6.82. The smallest absolute Gasteiger partial charge is 0.338 e. The molecular formula is C10H14F3NO. The fourth-order valence-corrected chi connectivity index (χ4v) is 1.49. The van der Waals surface area contributed by atoms with Crippen LogP contribution in [0.1, 0.15) is 20.3 Å². The van der Waals surface area contributed by atoms with Gasteiger partial charge in [0.05, 0.1) is 0 Å². The normalized spacial score (nSPS) is 18.0. The van der Waals surface area contributed by atoms with E-state index in [9.17, 15) is 18.0 Å². The molecule has 1 aliphatic heterocycles. The van der Waals surface area contributed by atoms with Crippen LogP contribution < -0.4 is 0 Å². The van der Waals surface area contributed by atoms with Crippen LogP contribution in [0.3, 0.4) is 0 Å². The van der Waals surface area contributed by atoms with E-state index in [1.165, 1.54) is 4.90 Å². The van der Waals surface area contributed by atoms with E-state index in [1.807, 2.05) is 0 Å². The second-order valence-electron chi connectivity index (χ2n) is 3.92. The summed E-state index contributed by atoms with van der Waals surface area (Å²) in [6.07, 6.45) is -3.24. The molecule has 0 aromatic heterocycles. The molecule has 15 heavy (non-hydrogen) atoms. The molecule has 0 aromatic carbocycles. The summed E-state index contributed by atoms with van der Waals surface area (Å²) in [5.74, 6) is -0.252. The number of halogens is 3. The highest BCUT2D eigenvalue weighted by Gasteiger charge is 2.35. The van der Waals surface area contributed by atoms with Crippen molar-refractivity contribution in [1.29, 1.82) is 0 Å². The van der Waals surface area contributed by atoms with E-state index >= 15 is 0 Å². The highest BCUT2D eigenvalue weighted by Crippen LogP contribution is 2.30. The van der Waals surface area contributed by atoms with Gasteiger partial charge >= 0.3 is 6.18 Å². The second kappa shape index (κ2) is 4.24. The number of carbonyl (C=O) groups is 1. The Bertz CT molecular complexity index is 281. The first-order valence-electron chi connectivity index (χ1n) is 4.87. The van der Waals surface area contributed by atoms with Crippen molar-refractivity contribution in [2.45, 2.75) is 26.4 Å². The van der Waals surface area contributed by atoms with Crippen LogP contribution in [0.15, 0.2) is 11.6 Å². The van der Waals surface area contributed by atoms with Crippen LogP contribution in [0.2, 0.25) is 0 Å². The third-order valence-electron chi connectivity index (χ3n) is 2.38. The van der Waals surface area contributed by atoms with E-state index in [4.69, 9.17) is 0 Å². The van der Waals surface area contributed by atoms with Gasteiger partial charge in [-0.15, -0.1) is 0 Å². The van der Waals surface area contributed by atoms with Crippen molar-refractivity contribution >= 4 is 5.91 Å². The summed E-state index contributed by atoms with van der Waals surface area (Å²) in [6, 6.07) is 0. The molecule has 86 valence electrons. The third-order valence-corrected chi connectivity index (χ3v) is 2.38. The Kier molecular flexibility index (Phi) is 3.42. The van der Waals surface area contributed by atoms with Crippen LogP contribution >= 0.6 is 0 Å². The molecule has 0 spiro atoms. The monoisotopic (exact) mass is 221 g/mol. The van der Waals surface area contributed by atoms with Crippen LogP contribution in [-0.2, 0) is 4.79 Å². The van der Waals surface area contributed by atoms with Gasteiger partial charge in [-0.2, -0.15) is 13.2 Å². The largest absolute Gasteiger partial charge is 0.412 e. The Labute approximate surface area is 86.7 Å². The molecule has 1 aliphatic rings. The zero-order chi connectivity index (χ0) is 11.6. The average Bonchev–Trinajstić information content (AvgIpc) is 2.15. The molecule has 0 fully saturated rings. The maximum Gasteiger partial charge on any atom is 0.412 e. The molecule has 0 unspecified atom stereocenters. The highest BCUT2D eigenvalue weighted by molar-refractivity contribution is 5.78. The zero-order valence-electron chi connectivity index (χ0n) is 8.77. The molecule has 0 bridgehead atoms.